The van der Waals surface area contributed by atoms with E-state index in [4.69, 9.17) is 27.0 Å². The lowest BCUT2D eigenvalue weighted by Gasteiger charge is -2.05. The molecule has 1 rings (SSSR count). The third-order valence-corrected chi connectivity index (χ3v) is 2.81. The lowest BCUT2D eigenvalue weighted by atomic mass is 10.3. The molecule has 4 N–H and O–H groups in total. The van der Waals surface area contributed by atoms with E-state index in [1.165, 1.54) is 6.07 Å². The quantitative estimate of drug-likeness (QED) is 0.373. The Bertz CT molecular complexity index is 442. The Hall–Kier alpha value is -0.980. The monoisotopic (exact) mass is 223 g/mol. The molecule has 7 heteroatoms. The van der Waals surface area contributed by atoms with E-state index in [2.05, 4.69) is 0 Å². The molecule has 1 aromatic rings. The maximum atomic E-state index is 10.7. The Kier molecular flexibility index (Phi) is 2.38. The van der Waals surface area contributed by atoms with Gasteiger partial charge in [-0.3, -0.25) is 4.55 Å². The number of nitrogens with two attached hydrogens (primary N) is 1. The van der Waals surface area contributed by atoms with Crippen molar-refractivity contribution in [3.05, 3.63) is 17.2 Å². The first-order chi connectivity index (χ1) is 5.84. The van der Waals surface area contributed by atoms with Crippen molar-refractivity contribution in [3.63, 3.8) is 0 Å². The first-order valence-corrected chi connectivity index (χ1v) is 4.90. The normalized spacial score (nSPS) is 11.5. The summed E-state index contributed by atoms with van der Waals surface area (Å²) >= 11 is 5.46. The summed E-state index contributed by atoms with van der Waals surface area (Å²) in [5.74, 6) is -0.637. The lowest BCUT2D eigenvalue weighted by molar-refractivity contribution is 0.443. The molecule has 0 atom stereocenters. The van der Waals surface area contributed by atoms with E-state index < -0.39 is 20.8 Å². The molecule has 0 amide bonds. The van der Waals surface area contributed by atoms with Crippen LogP contribution in [0.1, 0.15) is 0 Å². The van der Waals surface area contributed by atoms with Crippen LogP contribution in [0.4, 0.5) is 5.69 Å². The van der Waals surface area contributed by atoms with Crippen LogP contribution in [0.2, 0.25) is 5.02 Å². The van der Waals surface area contributed by atoms with Gasteiger partial charge >= 0.3 is 0 Å². The Balaban J connectivity index is 3.62. The van der Waals surface area contributed by atoms with Gasteiger partial charge in [0.05, 0.1) is 10.7 Å². The fourth-order valence-corrected chi connectivity index (χ4v) is 1.94. The van der Waals surface area contributed by atoms with Crippen molar-refractivity contribution in [2.75, 3.05) is 5.73 Å². The summed E-state index contributed by atoms with van der Waals surface area (Å²) in [6.45, 7) is 0. The molecule has 0 spiro atoms. The zero-order valence-electron chi connectivity index (χ0n) is 6.23. The maximum absolute atomic E-state index is 10.7. The van der Waals surface area contributed by atoms with Gasteiger partial charge in [0.2, 0.25) is 0 Å². The van der Waals surface area contributed by atoms with E-state index in [0.29, 0.717) is 0 Å². The highest BCUT2D eigenvalue weighted by Gasteiger charge is 2.21. The summed E-state index contributed by atoms with van der Waals surface area (Å²) in [6.07, 6.45) is 0. The highest BCUT2D eigenvalue weighted by Crippen LogP contribution is 2.34. The first kappa shape index (κ1) is 10.1. The zero-order chi connectivity index (χ0) is 10.2. The molecule has 0 fully saturated rings. The van der Waals surface area contributed by atoms with Gasteiger partial charge in [-0.1, -0.05) is 11.6 Å². The fraction of sp³-hybridized carbons (Fsp3) is 0. The second-order valence-corrected chi connectivity index (χ2v) is 4.03. The zero-order valence-corrected chi connectivity index (χ0v) is 7.80. The molecule has 72 valence electrons. The van der Waals surface area contributed by atoms with Gasteiger partial charge in [-0.05, 0) is 12.1 Å². The molecule has 0 bridgehead atoms. The van der Waals surface area contributed by atoms with Crippen molar-refractivity contribution < 1.29 is 18.1 Å². The molecule has 13 heavy (non-hydrogen) atoms. The topological polar surface area (TPSA) is 101 Å². The standard InChI is InChI=1S/C6H6ClNO4S/c7-5-3(8)1-2-4(9)6(5)13(10,11)12/h1-2,9H,8H2,(H,10,11,12). The van der Waals surface area contributed by atoms with Crippen LogP contribution in [0, 0.1) is 0 Å². The highest BCUT2D eigenvalue weighted by atomic mass is 35.5. The predicted octanol–water partition coefficient (Wildman–Crippen LogP) is 0.875. The van der Waals surface area contributed by atoms with Crippen LogP contribution in [0.25, 0.3) is 0 Å². The predicted molar refractivity (Wildman–Crippen MR) is 47.3 cm³/mol. The molecule has 0 radical (unpaired) electrons. The molecule has 5 nitrogen and oxygen atoms in total. The number of nitrogen functional groups attached to an aromatic ring is 1. The van der Waals surface area contributed by atoms with Gasteiger partial charge in [-0.2, -0.15) is 8.42 Å². The van der Waals surface area contributed by atoms with E-state index in [0.717, 1.165) is 6.07 Å². The number of halogens is 1. The van der Waals surface area contributed by atoms with Crippen LogP contribution in [-0.4, -0.2) is 18.1 Å². The molecule has 0 aliphatic carbocycles. The minimum atomic E-state index is -4.55. The maximum Gasteiger partial charge on any atom is 0.299 e. The van der Waals surface area contributed by atoms with E-state index in [1.54, 1.807) is 0 Å². The number of rotatable bonds is 1. The molecule has 0 unspecified atom stereocenters. The summed E-state index contributed by atoms with van der Waals surface area (Å²) in [5.41, 5.74) is 5.23. The van der Waals surface area contributed by atoms with Crippen molar-refractivity contribution in [1.29, 1.82) is 0 Å². The second-order valence-electron chi connectivity index (χ2n) is 2.29. The molecule has 0 aliphatic heterocycles. The lowest BCUT2D eigenvalue weighted by Crippen LogP contribution is -2.01. The number of phenols is 1. The average Bonchev–Trinajstić information content (AvgIpc) is 1.95. The summed E-state index contributed by atoms with van der Waals surface area (Å²) < 4.78 is 30.0. The van der Waals surface area contributed by atoms with Crippen molar-refractivity contribution in [2.45, 2.75) is 4.90 Å². The van der Waals surface area contributed by atoms with Gasteiger partial charge in [-0.25, -0.2) is 0 Å². The number of benzene rings is 1. The SMILES string of the molecule is Nc1ccc(O)c(S(=O)(=O)O)c1Cl. The molecular weight excluding hydrogens is 218 g/mol. The first-order valence-electron chi connectivity index (χ1n) is 3.08. The Morgan fingerprint density at radius 1 is 1.38 bits per heavy atom. The summed E-state index contributed by atoms with van der Waals surface area (Å²) in [5, 5.41) is 8.69. The van der Waals surface area contributed by atoms with Gasteiger partial charge in [0, 0.05) is 0 Å². The number of hydrogen-bond acceptors (Lipinski definition) is 4. The van der Waals surface area contributed by atoms with E-state index in [-0.39, 0.29) is 10.7 Å². The molecule has 0 aliphatic rings. The molecule has 0 heterocycles. The minimum absolute atomic E-state index is 0.0351. The van der Waals surface area contributed by atoms with Gasteiger partial charge < -0.3 is 10.8 Å². The van der Waals surface area contributed by atoms with E-state index >= 15 is 0 Å². The minimum Gasteiger partial charge on any atom is -0.506 e. The van der Waals surface area contributed by atoms with Crippen LogP contribution in [0.15, 0.2) is 17.0 Å². The van der Waals surface area contributed by atoms with E-state index in [1.807, 2.05) is 0 Å². The molecule has 0 aromatic heterocycles. The van der Waals surface area contributed by atoms with Crippen molar-refractivity contribution >= 4 is 27.4 Å². The van der Waals surface area contributed by atoms with Crippen molar-refractivity contribution in [3.8, 4) is 5.75 Å². The van der Waals surface area contributed by atoms with Crippen molar-refractivity contribution in [2.24, 2.45) is 0 Å². The smallest absolute Gasteiger partial charge is 0.299 e. The second kappa shape index (κ2) is 3.06. The van der Waals surface area contributed by atoms with Crippen molar-refractivity contribution in [1.82, 2.24) is 0 Å². The largest absolute Gasteiger partial charge is 0.506 e. The molecular formula is C6H6ClNO4S. The van der Waals surface area contributed by atoms with Crippen LogP contribution < -0.4 is 5.73 Å². The summed E-state index contributed by atoms with van der Waals surface area (Å²) in [6, 6.07) is 2.26. The van der Waals surface area contributed by atoms with Gasteiger partial charge in [0.25, 0.3) is 10.1 Å². The summed E-state index contributed by atoms with van der Waals surface area (Å²) in [4.78, 5) is -0.769. The van der Waals surface area contributed by atoms with Crippen LogP contribution >= 0.6 is 11.6 Å². The Labute approximate surface area is 79.5 Å². The summed E-state index contributed by atoms with van der Waals surface area (Å²) in [7, 11) is -4.55. The third kappa shape index (κ3) is 1.85. The van der Waals surface area contributed by atoms with Gasteiger partial charge in [0.1, 0.15) is 5.75 Å². The highest BCUT2D eigenvalue weighted by molar-refractivity contribution is 7.86. The molecule has 1 aromatic carbocycles. The molecule has 0 saturated heterocycles. The van der Waals surface area contributed by atoms with E-state index in [9.17, 15) is 8.42 Å². The number of phenolic OH excluding ortho intramolecular Hbond substituents is 1. The van der Waals surface area contributed by atoms with Crippen LogP contribution in [0.3, 0.4) is 0 Å². The third-order valence-electron chi connectivity index (χ3n) is 1.36. The number of anilines is 1. The number of aromatic hydroxyl groups is 1. The fourth-order valence-electron chi connectivity index (χ4n) is 0.806. The Morgan fingerprint density at radius 3 is 2.31 bits per heavy atom. The average molecular weight is 224 g/mol. The van der Waals surface area contributed by atoms with Crippen LogP contribution in [0.5, 0.6) is 5.75 Å². The Morgan fingerprint density at radius 2 is 1.92 bits per heavy atom. The van der Waals surface area contributed by atoms with Crippen LogP contribution in [-0.2, 0) is 10.1 Å². The molecule has 0 saturated carbocycles. The number of hydrogen-bond donors (Lipinski definition) is 3. The van der Waals surface area contributed by atoms with Gasteiger partial charge in [0.15, 0.2) is 4.90 Å². The van der Waals surface area contributed by atoms with Gasteiger partial charge in [-0.15, -0.1) is 0 Å².